The van der Waals surface area contributed by atoms with Crippen LogP contribution >= 0.6 is 34.8 Å². The van der Waals surface area contributed by atoms with Gasteiger partial charge in [0.25, 0.3) is 5.91 Å². The molecule has 3 heterocycles. The average Bonchev–Trinajstić information content (AvgIpc) is 2.97. The van der Waals surface area contributed by atoms with Crippen LogP contribution in [-0.2, 0) is 16.0 Å². The summed E-state index contributed by atoms with van der Waals surface area (Å²) in [4.78, 5) is 57.2. The number of carbonyl (C=O) groups is 4. The van der Waals surface area contributed by atoms with Gasteiger partial charge in [-0.3, -0.25) is 14.6 Å². The summed E-state index contributed by atoms with van der Waals surface area (Å²) in [7, 11) is 0. The van der Waals surface area contributed by atoms with Crippen molar-refractivity contribution in [2.45, 2.75) is 50.2 Å². The lowest BCUT2D eigenvalue weighted by Gasteiger charge is -2.50. The summed E-state index contributed by atoms with van der Waals surface area (Å²) in [5.41, 5.74) is 1.65. The van der Waals surface area contributed by atoms with Gasteiger partial charge in [-0.15, -0.1) is 0 Å². The van der Waals surface area contributed by atoms with Crippen LogP contribution < -0.4 is 16.0 Å². The summed E-state index contributed by atoms with van der Waals surface area (Å²) in [6, 6.07) is 10.7. The van der Waals surface area contributed by atoms with E-state index in [-0.39, 0.29) is 34.0 Å². The molecule has 1 aliphatic carbocycles. The Morgan fingerprint density at radius 1 is 0.907 bits per heavy atom. The van der Waals surface area contributed by atoms with Gasteiger partial charge in [0.1, 0.15) is 12.1 Å². The Labute approximate surface area is 262 Å². The number of anilines is 2. The molecule has 10 nitrogen and oxygen atoms in total. The number of hydrogen-bond acceptors (Lipinski definition) is 5. The largest absolute Gasteiger partial charge is 0.480 e. The van der Waals surface area contributed by atoms with Crippen molar-refractivity contribution in [3.63, 3.8) is 0 Å². The number of carboxylic acids is 1. The number of nitrogens with zero attached hydrogens (tertiary/aromatic N) is 2. The highest BCUT2D eigenvalue weighted by atomic mass is 35.5. The maximum atomic E-state index is 13.6. The fourth-order valence-electron chi connectivity index (χ4n) is 5.78. The number of carboxylic acid groups (broad SMARTS) is 1. The van der Waals surface area contributed by atoms with Crippen molar-refractivity contribution in [3.8, 4) is 0 Å². The second-order valence-corrected chi connectivity index (χ2v) is 11.8. The summed E-state index contributed by atoms with van der Waals surface area (Å²) in [5.74, 6) is -2.30. The minimum Gasteiger partial charge on any atom is -0.480 e. The molecule has 6 rings (SSSR count). The zero-order chi connectivity index (χ0) is 30.7. The smallest absolute Gasteiger partial charge is 0.326 e. The molecular weight excluding hydrogens is 617 g/mol. The Balaban J connectivity index is 1.26. The Bertz CT molecular complexity index is 1530. The first-order chi connectivity index (χ1) is 20.6. The number of halogens is 3. The summed E-state index contributed by atoms with van der Waals surface area (Å²) in [6.45, 7) is 0. The number of nitrogens with one attached hydrogen (secondary N) is 3. The molecule has 3 fully saturated rings. The highest BCUT2D eigenvalue weighted by molar-refractivity contribution is 6.40. The van der Waals surface area contributed by atoms with Crippen LogP contribution in [-0.4, -0.2) is 56.9 Å². The van der Waals surface area contributed by atoms with E-state index in [1.807, 2.05) is 0 Å². The van der Waals surface area contributed by atoms with Gasteiger partial charge in [0.05, 0.1) is 15.6 Å². The van der Waals surface area contributed by atoms with Gasteiger partial charge in [-0.1, -0.05) is 53.0 Å². The van der Waals surface area contributed by atoms with Crippen LogP contribution in [0.15, 0.2) is 60.9 Å². The van der Waals surface area contributed by atoms with E-state index < -0.39 is 35.9 Å². The van der Waals surface area contributed by atoms with Gasteiger partial charge in [-0.05, 0) is 67.5 Å². The maximum absolute atomic E-state index is 13.6. The number of piperidine rings is 2. The molecule has 13 heteroatoms. The number of rotatable bonds is 8. The van der Waals surface area contributed by atoms with Gasteiger partial charge in [0.15, 0.2) is 0 Å². The van der Waals surface area contributed by atoms with Gasteiger partial charge >= 0.3 is 12.0 Å². The molecule has 2 bridgehead atoms. The monoisotopic (exact) mass is 643 g/mol. The second kappa shape index (κ2) is 13.2. The predicted molar refractivity (Wildman–Crippen MR) is 164 cm³/mol. The standard InChI is InChI=1S/C30H28Cl3N5O5/c31-18-2-1-3-20(13-18)36-30(43)38-21-10-6-17(7-11-21)26(38)28(40)37-24(29(41)42)12-16-4-8-19(9-5-16)35-27(39)25-22(32)14-34-15-23(25)33/h1-5,8-9,13-15,17,21,24,26H,6-7,10-12H2,(H,35,39)(H,36,43)(H,37,40)(H,41,42)/t17?,21?,24-,26?/m0/s1. The van der Waals surface area contributed by atoms with Crippen molar-refractivity contribution in [3.05, 3.63) is 87.1 Å². The second-order valence-electron chi connectivity index (χ2n) is 10.6. The van der Waals surface area contributed by atoms with E-state index in [1.54, 1.807) is 53.4 Å². The van der Waals surface area contributed by atoms with Crippen LogP contribution in [0.25, 0.3) is 0 Å². The van der Waals surface area contributed by atoms with Crippen LogP contribution in [0.4, 0.5) is 16.2 Å². The van der Waals surface area contributed by atoms with Crippen LogP contribution in [0.2, 0.25) is 15.1 Å². The highest BCUT2D eigenvalue weighted by Gasteiger charge is 2.48. The van der Waals surface area contributed by atoms with Crippen LogP contribution in [0.1, 0.15) is 41.6 Å². The summed E-state index contributed by atoms with van der Waals surface area (Å²) >= 11 is 18.2. The number of aromatic nitrogens is 1. The molecule has 1 saturated carbocycles. The van der Waals surface area contributed by atoms with E-state index in [0.29, 0.717) is 22.0 Å². The fourth-order valence-corrected chi connectivity index (χ4v) is 6.50. The highest BCUT2D eigenvalue weighted by Crippen LogP contribution is 2.40. The third-order valence-corrected chi connectivity index (χ3v) is 8.61. The molecule has 2 atom stereocenters. The first-order valence-electron chi connectivity index (χ1n) is 13.7. The van der Waals surface area contributed by atoms with Crippen LogP contribution in [0, 0.1) is 5.92 Å². The zero-order valence-electron chi connectivity index (χ0n) is 22.7. The lowest BCUT2D eigenvalue weighted by atomic mass is 9.74. The molecule has 2 saturated heterocycles. The van der Waals surface area contributed by atoms with Crippen molar-refractivity contribution < 1.29 is 24.3 Å². The molecule has 43 heavy (non-hydrogen) atoms. The van der Waals surface area contributed by atoms with Crippen molar-refractivity contribution in [2.24, 2.45) is 5.92 Å². The number of fused-ring (bicyclic) bond motifs is 3. The van der Waals surface area contributed by atoms with E-state index in [4.69, 9.17) is 34.8 Å². The number of benzene rings is 2. The lowest BCUT2D eigenvalue weighted by molar-refractivity contribution is -0.144. The van der Waals surface area contributed by atoms with Gasteiger partial charge in [-0.2, -0.15) is 0 Å². The molecule has 4 N–H and O–H groups in total. The Morgan fingerprint density at radius 3 is 2.21 bits per heavy atom. The number of aliphatic carboxylic acids is 1. The Hall–Kier alpha value is -3.86. The van der Waals surface area contributed by atoms with E-state index in [0.717, 1.165) is 25.7 Å². The maximum Gasteiger partial charge on any atom is 0.326 e. The summed E-state index contributed by atoms with van der Waals surface area (Å²) in [6.07, 6.45) is 5.75. The van der Waals surface area contributed by atoms with E-state index in [9.17, 15) is 24.3 Å². The predicted octanol–water partition coefficient (Wildman–Crippen LogP) is 5.88. The summed E-state index contributed by atoms with van der Waals surface area (Å²) in [5, 5.41) is 18.8. The third-order valence-electron chi connectivity index (χ3n) is 7.81. The topological polar surface area (TPSA) is 141 Å². The minimum absolute atomic E-state index is 0.00711. The number of pyridine rings is 1. The van der Waals surface area contributed by atoms with E-state index in [2.05, 4.69) is 20.9 Å². The molecule has 1 aromatic heterocycles. The fraction of sp³-hybridized carbons (Fsp3) is 0.300. The van der Waals surface area contributed by atoms with Gasteiger partial charge < -0.3 is 26.0 Å². The Kier molecular flexibility index (Phi) is 9.39. The van der Waals surface area contributed by atoms with Crippen molar-refractivity contribution >= 4 is 70.0 Å². The quantitative estimate of drug-likeness (QED) is 0.241. The SMILES string of the molecule is O=C(Nc1ccc(C[C@H](NC(=O)C2C3CCC(CC3)N2C(=O)Nc2cccc(Cl)c2)C(=O)O)cc1)c1c(Cl)cncc1Cl. The van der Waals surface area contributed by atoms with Gasteiger partial charge in [-0.25, -0.2) is 9.59 Å². The molecule has 2 aliphatic heterocycles. The minimum atomic E-state index is -1.24. The molecule has 3 aromatic rings. The number of carbonyl (C=O) groups excluding carboxylic acids is 3. The van der Waals surface area contributed by atoms with E-state index in [1.165, 1.54) is 12.4 Å². The molecule has 2 aromatic carbocycles. The lowest BCUT2D eigenvalue weighted by Crippen LogP contribution is -2.64. The molecule has 4 amide bonds. The molecule has 0 radical (unpaired) electrons. The van der Waals surface area contributed by atoms with Gasteiger partial charge in [0.2, 0.25) is 5.91 Å². The first-order valence-corrected chi connectivity index (χ1v) is 14.8. The van der Waals surface area contributed by atoms with Crippen LogP contribution in [0.3, 0.4) is 0 Å². The normalized spacial score (nSPS) is 19.8. The molecule has 1 unspecified atom stereocenters. The number of urea groups is 1. The average molecular weight is 645 g/mol. The van der Waals surface area contributed by atoms with Crippen molar-refractivity contribution in [1.82, 2.24) is 15.2 Å². The first kappa shape index (κ1) is 30.6. The van der Waals surface area contributed by atoms with Crippen molar-refractivity contribution in [1.29, 1.82) is 0 Å². The van der Waals surface area contributed by atoms with Gasteiger partial charge in [0, 0.05) is 41.3 Å². The van der Waals surface area contributed by atoms with Crippen LogP contribution in [0.5, 0.6) is 0 Å². The third kappa shape index (κ3) is 7.04. The molecular formula is C30H28Cl3N5O5. The Morgan fingerprint density at radius 2 is 1.58 bits per heavy atom. The van der Waals surface area contributed by atoms with E-state index >= 15 is 0 Å². The molecule has 3 aliphatic rings. The summed E-state index contributed by atoms with van der Waals surface area (Å²) < 4.78 is 0. The zero-order valence-corrected chi connectivity index (χ0v) is 25.0. The number of amides is 4. The molecule has 224 valence electrons. The molecule has 0 spiro atoms. The van der Waals surface area contributed by atoms with Crippen molar-refractivity contribution in [2.75, 3.05) is 10.6 Å². The number of hydrogen-bond donors (Lipinski definition) is 4.